The van der Waals surface area contributed by atoms with E-state index in [1.165, 1.54) is 16.0 Å². The van der Waals surface area contributed by atoms with Gasteiger partial charge in [-0.2, -0.15) is 0 Å². The van der Waals surface area contributed by atoms with Gasteiger partial charge in [-0.25, -0.2) is 0 Å². The van der Waals surface area contributed by atoms with Gasteiger partial charge in [0.1, 0.15) is 0 Å². The van der Waals surface area contributed by atoms with Crippen LogP contribution in [0.3, 0.4) is 0 Å². The van der Waals surface area contributed by atoms with E-state index < -0.39 is 0 Å². The average Bonchev–Trinajstić information content (AvgIpc) is 2.59. The van der Waals surface area contributed by atoms with Crippen molar-refractivity contribution in [3.63, 3.8) is 0 Å². The fourth-order valence-electron chi connectivity index (χ4n) is 3.32. The van der Waals surface area contributed by atoms with Crippen LogP contribution in [-0.2, 0) is 15.9 Å². The number of hydrogen-bond donors (Lipinski definition) is 0. The van der Waals surface area contributed by atoms with Crippen molar-refractivity contribution in [1.29, 1.82) is 0 Å². The summed E-state index contributed by atoms with van der Waals surface area (Å²) >= 11 is 1.86. The summed E-state index contributed by atoms with van der Waals surface area (Å²) in [6.07, 6.45) is 2.01. The molecule has 0 aliphatic carbocycles. The highest BCUT2D eigenvalue weighted by atomic mass is 32.2. The van der Waals surface area contributed by atoms with E-state index in [-0.39, 0.29) is 23.4 Å². The van der Waals surface area contributed by atoms with Gasteiger partial charge in [-0.1, -0.05) is 48.0 Å². The van der Waals surface area contributed by atoms with Crippen LogP contribution in [0.25, 0.3) is 0 Å². The fourth-order valence-corrected chi connectivity index (χ4v) is 4.23. The lowest BCUT2D eigenvalue weighted by Crippen LogP contribution is -2.36. The number of rotatable bonds is 9. The number of hydrogen-bond acceptors (Lipinski definition) is 3. The van der Waals surface area contributed by atoms with Crippen molar-refractivity contribution in [2.45, 2.75) is 89.6 Å². The van der Waals surface area contributed by atoms with Crippen LogP contribution < -0.4 is 0 Å². The molecule has 0 aromatic heterocycles. The van der Waals surface area contributed by atoms with Gasteiger partial charge >= 0.3 is 0 Å². The predicted octanol–water partition coefficient (Wildman–Crippen LogP) is 7.09. The zero-order valence-corrected chi connectivity index (χ0v) is 20.0. The molecule has 2 rings (SSSR count). The zero-order valence-electron chi connectivity index (χ0n) is 19.2. The largest absolute Gasteiger partial charge is 0.372 e. The van der Waals surface area contributed by atoms with E-state index in [2.05, 4.69) is 103 Å². The van der Waals surface area contributed by atoms with Crippen molar-refractivity contribution >= 4 is 11.8 Å². The molecular formula is C26H38O2S. The number of benzene rings is 2. The molecule has 0 unspecified atom stereocenters. The molecule has 2 nitrogen and oxygen atoms in total. The van der Waals surface area contributed by atoms with Gasteiger partial charge < -0.3 is 9.47 Å². The normalized spacial score (nSPS) is 14.6. The molecule has 0 radical (unpaired) electrons. The summed E-state index contributed by atoms with van der Waals surface area (Å²) in [4.78, 5) is 1.29. The Morgan fingerprint density at radius 3 is 1.86 bits per heavy atom. The Bertz CT molecular complexity index is 711. The first-order valence-electron chi connectivity index (χ1n) is 10.6. The molecule has 0 spiro atoms. The van der Waals surface area contributed by atoms with E-state index >= 15 is 0 Å². The molecule has 0 fully saturated rings. The SMILES string of the molecule is Cc1ccc(SC[C@@H](C[C@H](Cc2ccccc2)OC(C)(C)C)OC(C)(C)C)cc1. The Morgan fingerprint density at radius 2 is 1.31 bits per heavy atom. The van der Waals surface area contributed by atoms with Gasteiger partial charge in [0.2, 0.25) is 0 Å². The van der Waals surface area contributed by atoms with Crippen LogP contribution in [0.2, 0.25) is 0 Å². The van der Waals surface area contributed by atoms with Crippen LogP contribution >= 0.6 is 11.8 Å². The fraction of sp³-hybridized carbons (Fsp3) is 0.538. The Hall–Kier alpha value is -1.29. The average molecular weight is 415 g/mol. The molecule has 160 valence electrons. The van der Waals surface area contributed by atoms with Crippen molar-refractivity contribution < 1.29 is 9.47 Å². The topological polar surface area (TPSA) is 18.5 Å². The lowest BCUT2D eigenvalue weighted by atomic mass is 10.0. The standard InChI is InChI=1S/C26H38O2S/c1-20-13-15-24(16-14-20)29-19-23(28-26(5,6)7)18-22(27-25(2,3)4)17-21-11-9-8-10-12-21/h8-16,22-23H,17-19H2,1-7H3/t22-,23+/m0/s1. The van der Waals surface area contributed by atoms with Gasteiger partial charge in [-0.3, -0.25) is 0 Å². The number of thioether (sulfide) groups is 1. The van der Waals surface area contributed by atoms with Gasteiger partial charge in [-0.15, -0.1) is 11.8 Å². The summed E-state index contributed by atoms with van der Waals surface area (Å²) in [5, 5.41) is 0. The molecule has 3 heteroatoms. The summed E-state index contributed by atoms with van der Waals surface area (Å²) < 4.78 is 12.9. The highest BCUT2D eigenvalue weighted by molar-refractivity contribution is 7.99. The molecule has 0 amide bonds. The maximum atomic E-state index is 6.47. The van der Waals surface area contributed by atoms with Crippen LogP contribution in [0.1, 0.15) is 59.1 Å². The zero-order chi connectivity index (χ0) is 21.5. The number of aryl methyl sites for hydroxylation is 1. The van der Waals surface area contributed by atoms with Crippen LogP contribution in [0.5, 0.6) is 0 Å². The Balaban J connectivity index is 2.10. The summed E-state index contributed by atoms with van der Waals surface area (Å²) in [5.41, 5.74) is 2.23. The predicted molar refractivity (Wildman–Crippen MR) is 126 cm³/mol. The third-order valence-electron chi connectivity index (χ3n) is 4.33. The minimum atomic E-state index is -0.185. The molecule has 0 bridgehead atoms. The van der Waals surface area contributed by atoms with Crippen LogP contribution in [0, 0.1) is 6.92 Å². The first-order valence-corrected chi connectivity index (χ1v) is 11.6. The summed E-state index contributed by atoms with van der Waals surface area (Å²) in [7, 11) is 0. The molecule has 0 heterocycles. The molecule has 0 N–H and O–H groups in total. The quantitative estimate of drug-likeness (QED) is 0.408. The van der Waals surface area contributed by atoms with E-state index in [1.807, 2.05) is 11.8 Å². The lowest BCUT2D eigenvalue weighted by molar-refractivity contribution is -0.105. The molecule has 0 aliphatic heterocycles. The second kappa shape index (κ2) is 10.7. The minimum absolute atomic E-state index is 0.114. The summed E-state index contributed by atoms with van der Waals surface area (Å²) in [6, 6.07) is 19.3. The van der Waals surface area contributed by atoms with E-state index in [9.17, 15) is 0 Å². The third kappa shape index (κ3) is 10.3. The third-order valence-corrected chi connectivity index (χ3v) is 5.47. The van der Waals surface area contributed by atoms with Crippen LogP contribution in [-0.4, -0.2) is 29.2 Å². The van der Waals surface area contributed by atoms with E-state index in [1.54, 1.807) is 0 Å². The van der Waals surface area contributed by atoms with E-state index in [0.29, 0.717) is 0 Å². The van der Waals surface area contributed by atoms with Crippen molar-refractivity contribution in [2.75, 3.05) is 5.75 Å². The Labute approximate surface area is 182 Å². The molecule has 0 aliphatic rings. The maximum absolute atomic E-state index is 6.47. The molecular weight excluding hydrogens is 376 g/mol. The highest BCUT2D eigenvalue weighted by Gasteiger charge is 2.26. The maximum Gasteiger partial charge on any atom is 0.0700 e. The van der Waals surface area contributed by atoms with Crippen molar-refractivity contribution in [2.24, 2.45) is 0 Å². The van der Waals surface area contributed by atoms with Gasteiger partial charge in [-0.05, 0) is 72.6 Å². The van der Waals surface area contributed by atoms with Gasteiger partial charge in [0.15, 0.2) is 0 Å². The van der Waals surface area contributed by atoms with Crippen molar-refractivity contribution in [3.8, 4) is 0 Å². The Morgan fingerprint density at radius 1 is 0.759 bits per heavy atom. The molecule has 0 saturated carbocycles. The van der Waals surface area contributed by atoms with Crippen LogP contribution in [0.15, 0.2) is 59.5 Å². The second-order valence-electron chi connectivity index (χ2n) is 9.75. The Kier molecular flexibility index (Phi) is 8.81. The molecule has 2 aromatic carbocycles. The number of ether oxygens (including phenoxy) is 2. The van der Waals surface area contributed by atoms with Crippen molar-refractivity contribution in [1.82, 2.24) is 0 Å². The van der Waals surface area contributed by atoms with E-state index in [4.69, 9.17) is 9.47 Å². The first-order chi connectivity index (χ1) is 13.5. The summed E-state index contributed by atoms with van der Waals surface area (Å²) in [6.45, 7) is 14.9. The van der Waals surface area contributed by atoms with Gasteiger partial charge in [0.05, 0.1) is 23.4 Å². The highest BCUT2D eigenvalue weighted by Crippen LogP contribution is 2.27. The summed E-state index contributed by atoms with van der Waals surface area (Å²) in [5.74, 6) is 0.916. The molecule has 29 heavy (non-hydrogen) atoms. The molecule has 2 atom stereocenters. The lowest BCUT2D eigenvalue weighted by Gasteiger charge is -2.33. The molecule has 2 aromatic rings. The van der Waals surface area contributed by atoms with E-state index in [0.717, 1.165) is 18.6 Å². The molecule has 0 saturated heterocycles. The van der Waals surface area contributed by atoms with Gasteiger partial charge in [0.25, 0.3) is 0 Å². The minimum Gasteiger partial charge on any atom is -0.372 e. The second-order valence-corrected chi connectivity index (χ2v) is 10.8. The smallest absolute Gasteiger partial charge is 0.0700 e. The monoisotopic (exact) mass is 414 g/mol. The van der Waals surface area contributed by atoms with Crippen molar-refractivity contribution in [3.05, 3.63) is 65.7 Å². The van der Waals surface area contributed by atoms with Gasteiger partial charge in [0, 0.05) is 17.1 Å². The van der Waals surface area contributed by atoms with Crippen LogP contribution in [0.4, 0.5) is 0 Å². The first kappa shape index (κ1) is 24.0.